The second kappa shape index (κ2) is 11.8. The van der Waals surface area contributed by atoms with Crippen molar-refractivity contribution in [3.63, 3.8) is 0 Å². The zero-order valence-corrected chi connectivity index (χ0v) is 19.3. The zero-order valence-electron chi connectivity index (χ0n) is 18.5. The van der Waals surface area contributed by atoms with Crippen molar-refractivity contribution >= 4 is 29.3 Å². The molecule has 1 fully saturated rings. The molecule has 1 saturated heterocycles. The zero-order chi connectivity index (χ0) is 22.1. The number of guanidine groups is 1. The highest BCUT2D eigenvalue weighted by atomic mass is 32.2. The SMILES string of the molecule is CCNC(=NCc1cccc(NC(=O)C2CCCO2)c1)NCc1ccc(C)cc1SC. The Balaban J connectivity index is 1.61. The van der Waals surface area contributed by atoms with Crippen LogP contribution in [0.4, 0.5) is 5.69 Å². The van der Waals surface area contributed by atoms with Crippen molar-refractivity contribution in [1.29, 1.82) is 0 Å². The predicted octanol–water partition coefficient (Wildman–Crippen LogP) is 4.09. The van der Waals surface area contributed by atoms with E-state index in [9.17, 15) is 4.79 Å². The summed E-state index contributed by atoms with van der Waals surface area (Å²) in [6, 6.07) is 14.3. The van der Waals surface area contributed by atoms with Crippen LogP contribution in [-0.4, -0.2) is 37.4 Å². The van der Waals surface area contributed by atoms with E-state index in [1.165, 1.54) is 16.0 Å². The van der Waals surface area contributed by atoms with Crippen LogP contribution in [0, 0.1) is 6.92 Å². The molecule has 31 heavy (non-hydrogen) atoms. The third-order valence-corrected chi connectivity index (χ3v) is 5.89. The van der Waals surface area contributed by atoms with Crippen molar-refractivity contribution in [3.05, 3.63) is 59.2 Å². The molecule has 1 aliphatic heterocycles. The van der Waals surface area contributed by atoms with Crippen molar-refractivity contribution in [2.45, 2.75) is 50.8 Å². The van der Waals surface area contributed by atoms with Crippen LogP contribution in [0.3, 0.4) is 0 Å². The number of thioether (sulfide) groups is 1. The van der Waals surface area contributed by atoms with E-state index < -0.39 is 0 Å². The Hall–Kier alpha value is -2.51. The number of rotatable bonds is 8. The van der Waals surface area contributed by atoms with Crippen LogP contribution in [0.2, 0.25) is 0 Å². The molecule has 0 saturated carbocycles. The van der Waals surface area contributed by atoms with Crippen LogP contribution in [0.5, 0.6) is 0 Å². The van der Waals surface area contributed by atoms with E-state index in [-0.39, 0.29) is 12.0 Å². The predicted molar refractivity (Wildman–Crippen MR) is 129 cm³/mol. The lowest BCUT2D eigenvalue weighted by molar-refractivity contribution is -0.124. The number of anilines is 1. The highest BCUT2D eigenvalue weighted by Gasteiger charge is 2.23. The lowest BCUT2D eigenvalue weighted by Gasteiger charge is -2.14. The molecule has 0 bridgehead atoms. The Labute approximate surface area is 189 Å². The Kier molecular flexibility index (Phi) is 8.79. The smallest absolute Gasteiger partial charge is 0.253 e. The average molecular weight is 441 g/mol. The van der Waals surface area contributed by atoms with Gasteiger partial charge in [0, 0.05) is 30.3 Å². The van der Waals surface area contributed by atoms with E-state index in [0.29, 0.717) is 19.7 Å². The molecule has 7 heteroatoms. The van der Waals surface area contributed by atoms with Gasteiger partial charge in [0.15, 0.2) is 5.96 Å². The van der Waals surface area contributed by atoms with Crippen molar-refractivity contribution < 1.29 is 9.53 Å². The first-order chi connectivity index (χ1) is 15.1. The van der Waals surface area contributed by atoms with E-state index >= 15 is 0 Å². The fourth-order valence-corrected chi connectivity index (χ4v) is 4.15. The minimum atomic E-state index is -0.334. The van der Waals surface area contributed by atoms with E-state index in [4.69, 9.17) is 9.73 Å². The lowest BCUT2D eigenvalue weighted by Crippen LogP contribution is -2.36. The van der Waals surface area contributed by atoms with Gasteiger partial charge in [-0.1, -0.05) is 24.3 Å². The van der Waals surface area contributed by atoms with Gasteiger partial charge in [-0.3, -0.25) is 4.79 Å². The van der Waals surface area contributed by atoms with Gasteiger partial charge in [0.25, 0.3) is 5.91 Å². The van der Waals surface area contributed by atoms with Crippen LogP contribution < -0.4 is 16.0 Å². The fourth-order valence-electron chi connectivity index (χ4n) is 3.44. The van der Waals surface area contributed by atoms with Gasteiger partial charge in [-0.2, -0.15) is 0 Å². The first-order valence-electron chi connectivity index (χ1n) is 10.8. The number of carbonyl (C=O) groups excluding carboxylic acids is 1. The Morgan fingerprint density at radius 1 is 1.23 bits per heavy atom. The molecular formula is C24H32N4O2S. The summed E-state index contributed by atoms with van der Waals surface area (Å²) in [6.45, 7) is 6.83. The molecule has 0 spiro atoms. The maximum atomic E-state index is 12.3. The molecular weight excluding hydrogens is 408 g/mol. The van der Waals surface area contributed by atoms with Gasteiger partial charge in [-0.05, 0) is 67.8 Å². The molecule has 3 N–H and O–H groups in total. The molecule has 1 aliphatic rings. The molecule has 6 nitrogen and oxygen atoms in total. The Morgan fingerprint density at radius 2 is 2.10 bits per heavy atom. The molecule has 0 aromatic heterocycles. The highest BCUT2D eigenvalue weighted by Crippen LogP contribution is 2.21. The highest BCUT2D eigenvalue weighted by molar-refractivity contribution is 7.98. The molecule has 0 radical (unpaired) electrons. The van der Waals surface area contributed by atoms with Crippen LogP contribution in [0.15, 0.2) is 52.4 Å². The van der Waals surface area contributed by atoms with E-state index in [1.54, 1.807) is 11.8 Å². The average Bonchev–Trinajstić information content (AvgIpc) is 3.32. The third kappa shape index (κ3) is 7.01. The van der Waals surface area contributed by atoms with Crippen molar-refractivity contribution in [1.82, 2.24) is 10.6 Å². The van der Waals surface area contributed by atoms with Crippen molar-refractivity contribution in [2.75, 3.05) is 24.7 Å². The summed E-state index contributed by atoms with van der Waals surface area (Å²) in [5.41, 5.74) is 4.32. The molecule has 2 aromatic rings. The number of nitrogens with zero attached hydrogens (tertiary/aromatic N) is 1. The first-order valence-corrected chi connectivity index (χ1v) is 12.0. The number of amides is 1. The van der Waals surface area contributed by atoms with E-state index in [0.717, 1.165) is 36.6 Å². The minimum absolute atomic E-state index is 0.0733. The van der Waals surface area contributed by atoms with Crippen LogP contribution in [0.25, 0.3) is 0 Å². The number of hydrogen-bond donors (Lipinski definition) is 3. The Bertz CT molecular complexity index is 910. The van der Waals surface area contributed by atoms with Gasteiger partial charge in [0.2, 0.25) is 0 Å². The fraction of sp³-hybridized carbons (Fsp3) is 0.417. The summed E-state index contributed by atoms with van der Waals surface area (Å²) in [5, 5.41) is 9.68. The topological polar surface area (TPSA) is 74.8 Å². The molecule has 1 heterocycles. The van der Waals surface area contributed by atoms with Crippen molar-refractivity contribution in [3.8, 4) is 0 Å². The van der Waals surface area contributed by atoms with Gasteiger partial charge in [-0.25, -0.2) is 4.99 Å². The lowest BCUT2D eigenvalue weighted by atomic mass is 10.1. The second-order valence-electron chi connectivity index (χ2n) is 7.56. The second-order valence-corrected chi connectivity index (χ2v) is 8.40. The molecule has 3 rings (SSSR count). The largest absolute Gasteiger partial charge is 0.368 e. The molecule has 2 aromatic carbocycles. The molecule has 0 aliphatic carbocycles. The standard InChI is InChI=1S/C24H32N4O2S/c1-4-25-24(27-16-19-11-10-17(2)13-22(19)31-3)26-15-18-7-5-8-20(14-18)28-23(29)21-9-6-12-30-21/h5,7-8,10-11,13-14,21H,4,6,9,12,15-16H2,1-3H3,(H,28,29)(H2,25,26,27). The molecule has 166 valence electrons. The normalized spacial score (nSPS) is 16.2. The van der Waals surface area contributed by atoms with E-state index in [2.05, 4.69) is 54.3 Å². The summed E-state index contributed by atoms with van der Waals surface area (Å²) < 4.78 is 5.46. The maximum Gasteiger partial charge on any atom is 0.253 e. The monoisotopic (exact) mass is 440 g/mol. The summed E-state index contributed by atoms with van der Waals surface area (Å²) in [4.78, 5) is 18.3. The van der Waals surface area contributed by atoms with Gasteiger partial charge < -0.3 is 20.7 Å². The van der Waals surface area contributed by atoms with Gasteiger partial charge in [0.05, 0.1) is 6.54 Å². The quantitative estimate of drug-likeness (QED) is 0.328. The maximum absolute atomic E-state index is 12.3. The summed E-state index contributed by atoms with van der Waals surface area (Å²) in [5.74, 6) is 0.694. The minimum Gasteiger partial charge on any atom is -0.368 e. The molecule has 1 atom stereocenters. The van der Waals surface area contributed by atoms with Crippen molar-refractivity contribution in [2.24, 2.45) is 4.99 Å². The number of carbonyl (C=O) groups is 1. The molecule has 1 amide bonds. The van der Waals surface area contributed by atoms with Gasteiger partial charge in [0.1, 0.15) is 6.10 Å². The molecule has 1 unspecified atom stereocenters. The number of ether oxygens (including phenoxy) is 1. The number of nitrogens with one attached hydrogen (secondary N) is 3. The number of aliphatic imine (C=N–C) groups is 1. The number of benzene rings is 2. The summed E-state index contributed by atoms with van der Waals surface area (Å²) in [6.07, 6.45) is 3.49. The van der Waals surface area contributed by atoms with Crippen LogP contribution >= 0.6 is 11.8 Å². The van der Waals surface area contributed by atoms with Crippen LogP contribution in [-0.2, 0) is 22.6 Å². The number of aryl methyl sites for hydroxylation is 1. The van der Waals surface area contributed by atoms with Crippen LogP contribution in [0.1, 0.15) is 36.5 Å². The van der Waals surface area contributed by atoms with E-state index in [1.807, 2.05) is 24.3 Å². The van der Waals surface area contributed by atoms with Gasteiger partial charge in [-0.15, -0.1) is 11.8 Å². The third-order valence-electron chi connectivity index (χ3n) is 5.07. The number of hydrogen-bond acceptors (Lipinski definition) is 4. The summed E-state index contributed by atoms with van der Waals surface area (Å²) in [7, 11) is 0. The summed E-state index contributed by atoms with van der Waals surface area (Å²) >= 11 is 1.76. The Morgan fingerprint density at radius 3 is 2.84 bits per heavy atom. The first kappa shape index (κ1) is 23.2. The van der Waals surface area contributed by atoms with Gasteiger partial charge >= 0.3 is 0 Å².